The van der Waals surface area contributed by atoms with E-state index < -0.39 is 5.67 Å². The highest BCUT2D eigenvalue weighted by Gasteiger charge is 2.41. The molecule has 0 N–H and O–H groups in total. The van der Waals surface area contributed by atoms with E-state index in [1.807, 2.05) is 31.2 Å². The minimum atomic E-state index is -2.09. The molecule has 0 saturated heterocycles. The lowest BCUT2D eigenvalue weighted by Gasteiger charge is -2.26. The Kier molecular flexibility index (Phi) is 5.33. The van der Waals surface area contributed by atoms with Gasteiger partial charge in [-0.05, 0) is 36.2 Å². The molecule has 0 unspecified atom stereocenters. The standard InChI is InChI=1S/C27H22ClFN4O/c1-17-5-4-6-18(11-17)21-13-26(34)33(3)23-14-31-24(12-22(21)23)27(29,25-15-30-16-32(25)2)19-7-9-20(28)10-8-19/h4-16H,1-3H3/t27-/m1/s1. The molecule has 5 rings (SSSR count). The second-order valence-electron chi connectivity index (χ2n) is 8.47. The Morgan fingerprint density at radius 3 is 2.44 bits per heavy atom. The fraction of sp³-hybridized carbons (Fsp3) is 0.148. The largest absolute Gasteiger partial charge is 0.334 e. The van der Waals surface area contributed by atoms with Gasteiger partial charge in [0, 0.05) is 36.1 Å². The lowest BCUT2D eigenvalue weighted by Crippen LogP contribution is -2.28. The molecule has 0 aliphatic carbocycles. The van der Waals surface area contributed by atoms with Crippen LogP contribution in [0.1, 0.15) is 22.5 Å². The summed E-state index contributed by atoms with van der Waals surface area (Å²) in [6.07, 6.45) is 4.62. The molecule has 170 valence electrons. The molecule has 7 heteroatoms. The summed E-state index contributed by atoms with van der Waals surface area (Å²) >= 11 is 6.09. The van der Waals surface area contributed by atoms with Crippen LogP contribution in [-0.2, 0) is 19.8 Å². The summed E-state index contributed by atoms with van der Waals surface area (Å²) in [4.78, 5) is 21.4. The molecule has 3 heterocycles. The molecule has 0 aliphatic heterocycles. The van der Waals surface area contributed by atoms with Crippen molar-refractivity contribution in [3.8, 4) is 11.1 Å². The van der Waals surface area contributed by atoms with E-state index in [1.165, 1.54) is 10.8 Å². The number of aromatic nitrogens is 4. The summed E-state index contributed by atoms with van der Waals surface area (Å²) in [6, 6.07) is 17.8. The van der Waals surface area contributed by atoms with E-state index in [0.29, 0.717) is 21.8 Å². The van der Waals surface area contributed by atoms with Gasteiger partial charge in [-0.3, -0.25) is 9.78 Å². The third kappa shape index (κ3) is 3.51. The number of pyridine rings is 2. The van der Waals surface area contributed by atoms with Crippen molar-refractivity contribution < 1.29 is 4.39 Å². The van der Waals surface area contributed by atoms with E-state index in [2.05, 4.69) is 9.97 Å². The van der Waals surface area contributed by atoms with E-state index in [-0.39, 0.29) is 11.3 Å². The number of halogens is 2. The van der Waals surface area contributed by atoms with Crippen LogP contribution in [0.15, 0.2) is 84.2 Å². The van der Waals surface area contributed by atoms with Crippen molar-refractivity contribution in [2.24, 2.45) is 14.1 Å². The second-order valence-corrected chi connectivity index (χ2v) is 8.90. The minimum Gasteiger partial charge on any atom is -0.334 e. The highest BCUT2D eigenvalue weighted by atomic mass is 35.5. The van der Waals surface area contributed by atoms with Gasteiger partial charge in [0.1, 0.15) is 0 Å². The molecule has 2 aromatic carbocycles. The van der Waals surface area contributed by atoms with Gasteiger partial charge in [0.25, 0.3) is 5.56 Å². The third-order valence-electron chi connectivity index (χ3n) is 6.23. The number of nitrogens with zero attached hydrogens (tertiary/aromatic N) is 4. The van der Waals surface area contributed by atoms with Gasteiger partial charge in [-0.2, -0.15) is 0 Å². The highest BCUT2D eigenvalue weighted by Crippen LogP contribution is 2.41. The molecule has 0 radical (unpaired) electrons. The van der Waals surface area contributed by atoms with Crippen LogP contribution in [0.25, 0.3) is 22.0 Å². The minimum absolute atomic E-state index is 0.158. The number of imidazole rings is 1. The molecular formula is C27H22ClFN4O. The van der Waals surface area contributed by atoms with Crippen LogP contribution in [0.2, 0.25) is 5.02 Å². The van der Waals surface area contributed by atoms with Crippen LogP contribution in [-0.4, -0.2) is 19.1 Å². The molecule has 3 aromatic heterocycles. The average Bonchev–Trinajstić information content (AvgIpc) is 3.27. The molecule has 0 bridgehead atoms. The van der Waals surface area contributed by atoms with Gasteiger partial charge in [-0.15, -0.1) is 0 Å². The maximum Gasteiger partial charge on any atom is 0.251 e. The Hall–Kier alpha value is -3.77. The van der Waals surface area contributed by atoms with Crippen molar-refractivity contribution in [3.63, 3.8) is 0 Å². The lowest BCUT2D eigenvalue weighted by molar-refractivity contribution is 0.260. The molecule has 5 aromatic rings. The first-order valence-corrected chi connectivity index (χ1v) is 11.2. The van der Waals surface area contributed by atoms with Crippen LogP contribution < -0.4 is 5.56 Å². The van der Waals surface area contributed by atoms with E-state index >= 15 is 4.39 Å². The van der Waals surface area contributed by atoms with Crippen molar-refractivity contribution in [1.82, 2.24) is 19.1 Å². The molecule has 34 heavy (non-hydrogen) atoms. The number of alkyl halides is 1. The van der Waals surface area contributed by atoms with Crippen LogP contribution in [0.4, 0.5) is 4.39 Å². The smallest absolute Gasteiger partial charge is 0.251 e. The quantitative estimate of drug-likeness (QED) is 0.344. The highest BCUT2D eigenvalue weighted by molar-refractivity contribution is 6.30. The first-order chi connectivity index (χ1) is 16.3. The Morgan fingerprint density at radius 1 is 1.00 bits per heavy atom. The third-order valence-corrected chi connectivity index (χ3v) is 6.48. The zero-order chi connectivity index (χ0) is 24.0. The Labute approximate surface area is 201 Å². The molecule has 0 fully saturated rings. The van der Waals surface area contributed by atoms with Crippen molar-refractivity contribution >= 4 is 22.5 Å². The average molecular weight is 473 g/mol. The number of benzene rings is 2. The zero-order valence-electron chi connectivity index (χ0n) is 19.0. The van der Waals surface area contributed by atoms with Crippen molar-refractivity contribution in [2.75, 3.05) is 0 Å². The van der Waals surface area contributed by atoms with Crippen LogP contribution >= 0.6 is 11.6 Å². The van der Waals surface area contributed by atoms with Crippen LogP contribution in [0.5, 0.6) is 0 Å². The molecule has 0 amide bonds. The number of hydrogen-bond acceptors (Lipinski definition) is 3. The van der Waals surface area contributed by atoms with Gasteiger partial charge in [0.15, 0.2) is 0 Å². The predicted molar refractivity (Wildman–Crippen MR) is 133 cm³/mol. The van der Waals surface area contributed by atoms with Gasteiger partial charge in [0.2, 0.25) is 5.67 Å². The van der Waals surface area contributed by atoms with Crippen LogP contribution in [0, 0.1) is 6.92 Å². The van der Waals surface area contributed by atoms with Gasteiger partial charge in [-0.1, -0.05) is 53.6 Å². The monoisotopic (exact) mass is 472 g/mol. The maximum absolute atomic E-state index is 17.3. The van der Waals surface area contributed by atoms with Gasteiger partial charge in [0.05, 0.1) is 35.6 Å². The Balaban J connectivity index is 1.84. The summed E-state index contributed by atoms with van der Waals surface area (Å²) in [5.74, 6) is 0. The van der Waals surface area contributed by atoms with E-state index in [0.717, 1.165) is 22.1 Å². The summed E-state index contributed by atoms with van der Waals surface area (Å²) in [5, 5.41) is 1.25. The van der Waals surface area contributed by atoms with Crippen molar-refractivity contribution in [3.05, 3.63) is 117 Å². The molecular weight excluding hydrogens is 451 g/mol. The first-order valence-electron chi connectivity index (χ1n) is 10.8. The summed E-state index contributed by atoms with van der Waals surface area (Å²) in [6.45, 7) is 2.00. The van der Waals surface area contributed by atoms with E-state index in [9.17, 15) is 4.79 Å². The molecule has 0 aliphatic rings. The normalized spacial score (nSPS) is 13.2. The van der Waals surface area contributed by atoms with Gasteiger partial charge >= 0.3 is 0 Å². The van der Waals surface area contributed by atoms with Crippen LogP contribution in [0.3, 0.4) is 0 Å². The second kappa shape index (κ2) is 8.22. The number of aryl methyl sites for hydroxylation is 3. The fourth-order valence-corrected chi connectivity index (χ4v) is 4.51. The maximum atomic E-state index is 17.3. The lowest BCUT2D eigenvalue weighted by atomic mass is 9.87. The summed E-state index contributed by atoms with van der Waals surface area (Å²) in [5.41, 5.74) is 1.96. The van der Waals surface area contributed by atoms with E-state index in [4.69, 9.17) is 11.6 Å². The fourth-order valence-electron chi connectivity index (χ4n) is 4.38. The van der Waals surface area contributed by atoms with E-state index in [1.54, 1.807) is 67.6 Å². The summed E-state index contributed by atoms with van der Waals surface area (Å²) in [7, 11) is 3.44. The number of rotatable bonds is 4. The summed E-state index contributed by atoms with van der Waals surface area (Å²) < 4.78 is 20.5. The molecule has 5 nitrogen and oxygen atoms in total. The van der Waals surface area contributed by atoms with Crippen molar-refractivity contribution in [2.45, 2.75) is 12.6 Å². The molecule has 0 spiro atoms. The Bertz CT molecular complexity index is 1590. The van der Waals surface area contributed by atoms with Gasteiger partial charge < -0.3 is 9.13 Å². The topological polar surface area (TPSA) is 52.7 Å². The first kappa shape index (κ1) is 22.0. The van der Waals surface area contributed by atoms with Gasteiger partial charge in [-0.25, -0.2) is 9.37 Å². The zero-order valence-corrected chi connectivity index (χ0v) is 19.7. The SMILES string of the molecule is Cc1cccc(-c2cc(=O)n(C)c3cnc([C@](F)(c4ccc(Cl)cc4)c4cncn4C)cc23)c1. The predicted octanol–water partition coefficient (Wildman–Crippen LogP) is 5.56. The molecule has 0 saturated carbocycles. The van der Waals surface area contributed by atoms with Crippen molar-refractivity contribution in [1.29, 1.82) is 0 Å². The number of hydrogen-bond donors (Lipinski definition) is 0. The Morgan fingerprint density at radius 2 is 1.76 bits per heavy atom. The number of fused-ring (bicyclic) bond motifs is 1. The molecule has 1 atom stereocenters.